The van der Waals surface area contributed by atoms with E-state index < -0.39 is 47.5 Å². The van der Waals surface area contributed by atoms with Gasteiger partial charge in [0.05, 0.1) is 17.5 Å². The minimum atomic E-state index is -1.74. The Morgan fingerprint density at radius 2 is 1.74 bits per heavy atom. The summed E-state index contributed by atoms with van der Waals surface area (Å²) in [4.78, 5) is 36.2. The first-order valence-electron chi connectivity index (χ1n) is 8.82. The minimum Gasteiger partial charge on any atom is -0.459 e. The van der Waals surface area contributed by atoms with Crippen molar-refractivity contribution in [3.63, 3.8) is 0 Å². The number of rotatable bonds is 6. The molecule has 0 bridgehead atoms. The average Bonchev–Trinajstić information content (AvgIpc) is 3.29. The molecule has 0 saturated heterocycles. The Balaban J connectivity index is 1.62. The van der Waals surface area contributed by atoms with E-state index >= 15 is 0 Å². The van der Waals surface area contributed by atoms with Crippen molar-refractivity contribution >= 4 is 29.2 Å². The first kappa shape index (κ1) is 21.6. The van der Waals surface area contributed by atoms with Gasteiger partial charge in [0.2, 0.25) is 0 Å². The van der Waals surface area contributed by atoms with Crippen LogP contribution in [0.4, 0.5) is 24.5 Å². The molecule has 3 rings (SSSR count). The van der Waals surface area contributed by atoms with Crippen molar-refractivity contribution in [1.29, 1.82) is 0 Å². The number of amides is 2. The van der Waals surface area contributed by atoms with Crippen molar-refractivity contribution in [3.05, 3.63) is 83.1 Å². The molecular weight excluding hydrogens is 417 g/mol. The molecule has 2 amide bonds. The summed E-state index contributed by atoms with van der Waals surface area (Å²) in [6, 6.07) is 8.83. The van der Waals surface area contributed by atoms with E-state index in [-0.39, 0.29) is 11.3 Å². The zero-order valence-corrected chi connectivity index (χ0v) is 16.0. The Morgan fingerprint density at radius 1 is 0.968 bits per heavy atom. The van der Waals surface area contributed by atoms with Gasteiger partial charge in [-0.3, -0.25) is 9.59 Å². The van der Waals surface area contributed by atoms with Gasteiger partial charge in [-0.05, 0) is 48.9 Å². The molecule has 0 aliphatic carbocycles. The maximum absolute atomic E-state index is 13.6. The molecule has 10 heteroatoms. The highest BCUT2D eigenvalue weighted by Crippen LogP contribution is 2.20. The van der Waals surface area contributed by atoms with Crippen LogP contribution in [0.2, 0.25) is 0 Å². The number of esters is 1. The molecule has 3 aromatic rings. The number of halogens is 3. The van der Waals surface area contributed by atoms with Crippen LogP contribution in [0.25, 0.3) is 0 Å². The molecule has 160 valence electrons. The summed E-state index contributed by atoms with van der Waals surface area (Å²) < 4.78 is 49.6. The molecule has 1 heterocycles. The Morgan fingerprint density at radius 3 is 2.45 bits per heavy atom. The van der Waals surface area contributed by atoms with Crippen LogP contribution in [0.3, 0.4) is 0 Å². The molecule has 0 aliphatic rings. The van der Waals surface area contributed by atoms with Crippen molar-refractivity contribution < 1.29 is 36.7 Å². The lowest BCUT2D eigenvalue weighted by atomic mass is 10.1. The number of carbonyl (C=O) groups is 3. The summed E-state index contributed by atoms with van der Waals surface area (Å²) in [6.07, 6.45) is 1.34. The maximum atomic E-state index is 13.6. The molecule has 0 fully saturated rings. The normalized spacial score (nSPS) is 10.5. The first-order chi connectivity index (χ1) is 14.8. The minimum absolute atomic E-state index is 0.0344. The van der Waals surface area contributed by atoms with Crippen molar-refractivity contribution in [2.75, 3.05) is 17.2 Å². The predicted molar refractivity (Wildman–Crippen MR) is 103 cm³/mol. The SMILES string of the molecule is Cc1ccc(C(=O)OCC(=O)Nc2ccc(F)c(F)c2F)cc1NC(=O)c1ccco1. The van der Waals surface area contributed by atoms with Crippen molar-refractivity contribution in [2.45, 2.75) is 6.92 Å². The number of ether oxygens (including phenoxy) is 1. The number of furan rings is 1. The van der Waals surface area contributed by atoms with Gasteiger partial charge in [-0.1, -0.05) is 6.07 Å². The summed E-state index contributed by atoms with van der Waals surface area (Å²) in [5.74, 6) is -7.02. The van der Waals surface area contributed by atoms with Crippen LogP contribution < -0.4 is 10.6 Å². The van der Waals surface area contributed by atoms with Gasteiger partial charge in [-0.25, -0.2) is 18.0 Å². The fraction of sp³-hybridized carbons (Fsp3) is 0.0952. The van der Waals surface area contributed by atoms with Crippen LogP contribution in [-0.4, -0.2) is 24.4 Å². The molecule has 0 unspecified atom stereocenters. The zero-order chi connectivity index (χ0) is 22.5. The number of aryl methyl sites for hydroxylation is 1. The van der Waals surface area contributed by atoms with Crippen molar-refractivity contribution in [1.82, 2.24) is 0 Å². The molecule has 31 heavy (non-hydrogen) atoms. The molecule has 0 saturated carbocycles. The van der Waals surface area contributed by atoms with E-state index in [9.17, 15) is 27.6 Å². The van der Waals surface area contributed by atoms with Gasteiger partial charge in [0.15, 0.2) is 29.8 Å². The fourth-order valence-electron chi connectivity index (χ4n) is 2.50. The van der Waals surface area contributed by atoms with Crippen LogP contribution in [0.5, 0.6) is 0 Å². The molecule has 7 nitrogen and oxygen atoms in total. The van der Waals surface area contributed by atoms with Crippen molar-refractivity contribution in [2.24, 2.45) is 0 Å². The summed E-state index contributed by atoms with van der Waals surface area (Å²) in [5, 5.41) is 4.58. The number of hydrogen-bond acceptors (Lipinski definition) is 5. The summed E-state index contributed by atoms with van der Waals surface area (Å²) >= 11 is 0. The van der Waals surface area contributed by atoms with E-state index in [1.165, 1.54) is 24.5 Å². The molecular formula is C21H15F3N2O5. The van der Waals surface area contributed by atoms with E-state index in [1.54, 1.807) is 19.1 Å². The van der Waals surface area contributed by atoms with Gasteiger partial charge in [0, 0.05) is 5.69 Å². The van der Waals surface area contributed by atoms with E-state index in [2.05, 4.69) is 5.32 Å². The summed E-state index contributed by atoms with van der Waals surface area (Å²) in [6.45, 7) is 0.899. The quantitative estimate of drug-likeness (QED) is 0.452. The first-order valence-corrected chi connectivity index (χ1v) is 8.82. The Bertz CT molecular complexity index is 1150. The third-order valence-electron chi connectivity index (χ3n) is 4.11. The highest BCUT2D eigenvalue weighted by atomic mass is 19.2. The van der Waals surface area contributed by atoms with E-state index in [4.69, 9.17) is 9.15 Å². The van der Waals surface area contributed by atoms with Crippen LogP contribution in [-0.2, 0) is 9.53 Å². The van der Waals surface area contributed by atoms with Gasteiger partial charge in [-0.15, -0.1) is 0 Å². The second kappa shape index (κ2) is 9.16. The average molecular weight is 432 g/mol. The van der Waals surface area contributed by atoms with Gasteiger partial charge in [0.25, 0.3) is 11.8 Å². The Hall–Kier alpha value is -4.08. The topological polar surface area (TPSA) is 97.6 Å². The monoisotopic (exact) mass is 432 g/mol. The van der Waals surface area contributed by atoms with Gasteiger partial charge < -0.3 is 19.8 Å². The second-order valence-electron chi connectivity index (χ2n) is 6.31. The zero-order valence-electron chi connectivity index (χ0n) is 16.0. The molecule has 2 aromatic carbocycles. The van der Waals surface area contributed by atoms with E-state index in [0.29, 0.717) is 17.3 Å². The third-order valence-corrected chi connectivity index (χ3v) is 4.11. The molecule has 0 radical (unpaired) electrons. The number of benzene rings is 2. The number of nitrogens with one attached hydrogen (secondary N) is 2. The highest BCUT2D eigenvalue weighted by molar-refractivity contribution is 6.03. The van der Waals surface area contributed by atoms with Crippen LogP contribution >= 0.6 is 0 Å². The lowest BCUT2D eigenvalue weighted by molar-refractivity contribution is -0.119. The van der Waals surface area contributed by atoms with Gasteiger partial charge in [-0.2, -0.15) is 0 Å². The van der Waals surface area contributed by atoms with Crippen LogP contribution in [0, 0.1) is 24.4 Å². The van der Waals surface area contributed by atoms with Crippen LogP contribution in [0.15, 0.2) is 53.1 Å². The van der Waals surface area contributed by atoms with Gasteiger partial charge >= 0.3 is 5.97 Å². The predicted octanol–water partition coefficient (Wildman–Crippen LogP) is 4.05. The fourth-order valence-corrected chi connectivity index (χ4v) is 2.50. The Kier molecular flexibility index (Phi) is 6.39. The Labute approximate surface area is 173 Å². The number of anilines is 2. The smallest absolute Gasteiger partial charge is 0.338 e. The molecule has 0 aliphatic heterocycles. The summed E-state index contributed by atoms with van der Waals surface area (Å²) in [7, 11) is 0. The third kappa shape index (κ3) is 5.10. The molecule has 2 N–H and O–H groups in total. The number of carbonyl (C=O) groups excluding carboxylic acids is 3. The molecule has 0 spiro atoms. The van der Waals surface area contributed by atoms with Gasteiger partial charge in [0.1, 0.15) is 0 Å². The molecule has 1 aromatic heterocycles. The largest absolute Gasteiger partial charge is 0.459 e. The summed E-state index contributed by atoms with van der Waals surface area (Å²) in [5.41, 5.74) is 0.414. The van der Waals surface area contributed by atoms with Crippen LogP contribution in [0.1, 0.15) is 26.5 Å². The van der Waals surface area contributed by atoms with E-state index in [1.807, 2.05) is 5.32 Å². The van der Waals surface area contributed by atoms with Crippen molar-refractivity contribution in [3.8, 4) is 0 Å². The van der Waals surface area contributed by atoms with E-state index in [0.717, 1.165) is 6.07 Å². The second-order valence-corrected chi connectivity index (χ2v) is 6.31. The standard InChI is InChI=1S/C21H15F3N2O5/c1-11-4-5-12(9-15(11)26-20(28)16-3-2-8-30-16)21(29)31-10-17(27)25-14-7-6-13(22)18(23)19(14)24/h2-9H,10H2,1H3,(H,25,27)(H,26,28). The molecule has 0 atom stereocenters. The lowest BCUT2D eigenvalue weighted by Crippen LogP contribution is -2.22. The highest BCUT2D eigenvalue weighted by Gasteiger charge is 2.17. The maximum Gasteiger partial charge on any atom is 0.338 e. The lowest BCUT2D eigenvalue weighted by Gasteiger charge is -2.11. The number of hydrogen-bond donors (Lipinski definition) is 2.